The molecule has 1 saturated heterocycles. The number of hydrogen-bond donors (Lipinski definition) is 0. The van der Waals surface area contributed by atoms with Crippen molar-refractivity contribution in [3.05, 3.63) is 72.0 Å². The van der Waals surface area contributed by atoms with E-state index in [2.05, 4.69) is 15.0 Å². The second-order valence-electron chi connectivity index (χ2n) is 7.71. The first-order valence-electron chi connectivity index (χ1n) is 10.2. The summed E-state index contributed by atoms with van der Waals surface area (Å²) in [6, 6.07) is 17.6. The number of carbonyl (C=O) groups is 1. The summed E-state index contributed by atoms with van der Waals surface area (Å²) in [4.78, 5) is 22.1. The highest BCUT2D eigenvalue weighted by molar-refractivity contribution is 6.10. The number of halogens is 1. The Morgan fingerprint density at radius 3 is 2.45 bits per heavy atom. The molecule has 2 aromatic carbocycles. The highest BCUT2D eigenvalue weighted by atomic mass is 19.1. The van der Waals surface area contributed by atoms with Crippen LogP contribution in [0.4, 0.5) is 4.39 Å². The molecule has 1 amide bonds. The quantitative estimate of drug-likeness (QED) is 0.504. The molecule has 1 fully saturated rings. The van der Waals surface area contributed by atoms with Gasteiger partial charge in [0.1, 0.15) is 11.5 Å². The Morgan fingerprint density at radius 2 is 1.71 bits per heavy atom. The van der Waals surface area contributed by atoms with Crippen molar-refractivity contribution >= 4 is 17.0 Å². The fraction of sp³-hybridized carbons (Fsp3) is 0.208. The van der Waals surface area contributed by atoms with Crippen molar-refractivity contribution in [1.82, 2.24) is 19.9 Å². The predicted octanol–water partition coefficient (Wildman–Crippen LogP) is 4.08. The van der Waals surface area contributed by atoms with Crippen molar-refractivity contribution in [1.29, 1.82) is 0 Å². The van der Waals surface area contributed by atoms with Crippen LogP contribution in [-0.4, -0.2) is 59.1 Å². The first kappa shape index (κ1) is 19.4. The summed E-state index contributed by atoms with van der Waals surface area (Å²) in [6.07, 6.45) is 0. The summed E-state index contributed by atoms with van der Waals surface area (Å²) in [6.45, 7) is 2.85. The second kappa shape index (κ2) is 7.92. The molecule has 0 bridgehead atoms. The van der Waals surface area contributed by atoms with Crippen LogP contribution in [0.2, 0.25) is 0 Å². The van der Waals surface area contributed by atoms with E-state index in [-0.39, 0.29) is 11.6 Å². The Hall–Kier alpha value is -3.58. The number of benzene rings is 2. The van der Waals surface area contributed by atoms with E-state index in [1.807, 2.05) is 42.3 Å². The van der Waals surface area contributed by atoms with Crippen molar-refractivity contribution in [3.63, 3.8) is 0 Å². The van der Waals surface area contributed by atoms with Gasteiger partial charge in [-0.15, -0.1) is 0 Å². The van der Waals surface area contributed by atoms with E-state index in [0.29, 0.717) is 41.0 Å². The van der Waals surface area contributed by atoms with Crippen molar-refractivity contribution in [2.24, 2.45) is 0 Å². The molecule has 4 aromatic rings. The van der Waals surface area contributed by atoms with Gasteiger partial charge < -0.3 is 14.3 Å². The maximum atomic E-state index is 14.5. The third-order valence-corrected chi connectivity index (χ3v) is 5.66. The Labute approximate surface area is 178 Å². The van der Waals surface area contributed by atoms with E-state index < -0.39 is 5.82 Å². The largest absolute Gasteiger partial charge is 0.336 e. The molecule has 7 heteroatoms. The third kappa shape index (κ3) is 3.57. The van der Waals surface area contributed by atoms with E-state index in [4.69, 9.17) is 4.52 Å². The molecular weight excluding hydrogens is 395 g/mol. The summed E-state index contributed by atoms with van der Waals surface area (Å²) in [5.74, 6) is -0.534. The normalized spacial score (nSPS) is 14.8. The standard InChI is InChI=1S/C24H21FN4O2/c1-28-11-13-29(14-12-28)24(30)18-15-20(17-9-5-6-10-19(17)25)26-23-21(18)22(27-31-23)16-7-3-2-4-8-16/h2-10,15H,11-14H2,1H3. The molecule has 31 heavy (non-hydrogen) atoms. The number of rotatable bonds is 3. The minimum Gasteiger partial charge on any atom is -0.336 e. The smallest absolute Gasteiger partial charge is 0.259 e. The summed E-state index contributed by atoms with van der Waals surface area (Å²) in [5.41, 5.74) is 2.69. The lowest BCUT2D eigenvalue weighted by atomic mass is 10.0. The molecule has 0 radical (unpaired) electrons. The third-order valence-electron chi connectivity index (χ3n) is 5.66. The summed E-state index contributed by atoms with van der Waals surface area (Å²) in [7, 11) is 2.04. The van der Waals surface area contributed by atoms with Gasteiger partial charge in [-0.25, -0.2) is 9.37 Å². The number of pyridine rings is 1. The number of amides is 1. The molecule has 0 saturated carbocycles. The van der Waals surface area contributed by atoms with E-state index in [0.717, 1.165) is 18.7 Å². The Morgan fingerprint density at radius 1 is 1.00 bits per heavy atom. The van der Waals surface area contributed by atoms with Gasteiger partial charge in [0.05, 0.1) is 16.6 Å². The molecule has 1 aliphatic rings. The van der Waals surface area contributed by atoms with Gasteiger partial charge in [-0.3, -0.25) is 4.79 Å². The lowest BCUT2D eigenvalue weighted by Gasteiger charge is -2.32. The highest BCUT2D eigenvalue weighted by Crippen LogP contribution is 2.34. The minimum atomic E-state index is -0.407. The summed E-state index contributed by atoms with van der Waals surface area (Å²) < 4.78 is 20.0. The van der Waals surface area contributed by atoms with E-state index in [9.17, 15) is 9.18 Å². The van der Waals surface area contributed by atoms with Crippen LogP contribution >= 0.6 is 0 Å². The number of piperazine rings is 1. The average molecular weight is 416 g/mol. The van der Waals surface area contributed by atoms with Gasteiger partial charge in [0.25, 0.3) is 11.6 Å². The maximum Gasteiger partial charge on any atom is 0.259 e. The lowest BCUT2D eigenvalue weighted by molar-refractivity contribution is 0.0666. The number of fused-ring (bicyclic) bond motifs is 1. The molecule has 0 aliphatic carbocycles. The zero-order valence-electron chi connectivity index (χ0n) is 17.1. The molecule has 6 nitrogen and oxygen atoms in total. The predicted molar refractivity (Wildman–Crippen MR) is 116 cm³/mol. The number of aromatic nitrogens is 2. The van der Waals surface area contributed by atoms with E-state index in [1.165, 1.54) is 6.07 Å². The topological polar surface area (TPSA) is 62.5 Å². The van der Waals surface area contributed by atoms with Crippen LogP contribution in [0, 0.1) is 5.82 Å². The highest BCUT2D eigenvalue weighted by Gasteiger charge is 2.27. The van der Waals surface area contributed by atoms with Crippen molar-refractivity contribution in [3.8, 4) is 22.5 Å². The summed E-state index contributed by atoms with van der Waals surface area (Å²) >= 11 is 0. The molecule has 0 atom stereocenters. The average Bonchev–Trinajstić information content (AvgIpc) is 3.23. The first-order chi connectivity index (χ1) is 15.1. The molecule has 156 valence electrons. The molecule has 2 aromatic heterocycles. The van der Waals surface area contributed by atoms with Gasteiger partial charge in [0, 0.05) is 37.3 Å². The minimum absolute atomic E-state index is 0.126. The van der Waals surface area contributed by atoms with Gasteiger partial charge in [-0.05, 0) is 25.2 Å². The lowest BCUT2D eigenvalue weighted by Crippen LogP contribution is -2.47. The molecule has 0 N–H and O–H groups in total. The van der Waals surface area contributed by atoms with Crippen molar-refractivity contribution in [2.45, 2.75) is 0 Å². The van der Waals surface area contributed by atoms with Crippen molar-refractivity contribution < 1.29 is 13.7 Å². The van der Waals surface area contributed by atoms with Gasteiger partial charge in [0.15, 0.2) is 0 Å². The van der Waals surface area contributed by atoms with E-state index >= 15 is 0 Å². The maximum absolute atomic E-state index is 14.5. The Kier molecular flexibility index (Phi) is 4.95. The van der Waals surface area contributed by atoms with E-state index in [1.54, 1.807) is 24.3 Å². The Bertz CT molecular complexity index is 1250. The SMILES string of the molecule is CN1CCN(C(=O)c2cc(-c3ccccc3F)nc3onc(-c4ccccc4)c23)CC1. The molecule has 3 heterocycles. The van der Waals surface area contributed by atoms with Crippen LogP contribution < -0.4 is 0 Å². The van der Waals surface area contributed by atoms with Crippen LogP contribution in [0.3, 0.4) is 0 Å². The van der Waals surface area contributed by atoms with Crippen LogP contribution in [0.5, 0.6) is 0 Å². The monoisotopic (exact) mass is 416 g/mol. The molecule has 0 spiro atoms. The van der Waals surface area contributed by atoms with Gasteiger partial charge in [-0.2, -0.15) is 0 Å². The van der Waals surface area contributed by atoms with Gasteiger partial charge >= 0.3 is 0 Å². The molecule has 1 aliphatic heterocycles. The fourth-order valence-electron chi connectivity index (χ4n) is 3.90. The number of nitrogens with zero attached hydrogens (tertiary/aromatic N) is 4. The first-order valence-corrected chi connectivity index (χ1v) is 10.2. The fourth-order valence-corrected chi connectivity index (χ4v) is 3.90. The van der Waals surface area contributed by atoms with Gasteiger partial charge in [0.2, 0.25) is 0 Å². The molecule has 0 unspecified atom stereocenters. The second-order valence-corrected chi connectivity index (χ2v) is 7.71. The Balaban J connectivity index is 1.70. The zero-order chi connectivity index (χ0) is 21.4. The van der Waals surface area contributed by atoms with Crippen molar-refractivity contribution in [2.75, 3.05) is 33.2 Å². The van der Waals surface area contributed by atoms with Gasteiger partial charge in [-0.1, -0.05) is 47.6 Å². The number of likely N-dealkylation sites (N-methyl/N-ethyl adjacent to an activating group) is 1. The zero-order valence-corrected chi connectivity index (χ0v) is 17.1. The van der Waals surface area contributed by atoms with Crippen LogP contribution in [0.15, 0.2) is 65.2 Å². The van der Waals surface area contributed by atoms with Crippen LogP contribution in [0.1, 0.15) is 10.4 Å². The van der Waals surface area contributed by atoms with Crippen LogP contribution in [-0.2, 0) is 0 Å². The summed E-state index contributed by atoms with van der Waals surface area (Å²) in [5, 5.41) is 4.76. The number of hydrogen-bond acceptors (Lipinski definition) is 5. The molecule has 5 rings (SSSR count). The number of carbonyl (C=O) groups excluding carboxylic acids is 1. The molecular formula is C24H21FN4O2. The van der Waals surface area contributed by atoms with Crippen LogP contribution in [0.25, 0.3) is 33.6 Å².